The summed E-state index contributed by atoms with van der Waals surface area (Å²) in [5.41, 5.74) is -1.12. The van der Waals surface area contributed by atoms with Gasteiger partial charge in [-0.25, -0.2) is 4.79 Å². The number of hydrogen-bond donors (Lipinski definition) is 0. The minimum absolute atomic E-state index is 0.0840. The number of carbonyl (C=O) groups excluding carboxylic acids is 1. The van der Waals surface area contributed by atoms with Gasteiger partial charge in [0.15, 0.2) is 0 Å². The van der Waals surface area contributed by atoms with Crippen LogP contribution in [0.15, 0.2) is 18.2 Å². The normalized spacial score (nSPS) is 11.2. The van der Waals surface area contributed by atoms with Gasteiger partial charge in [-0.15, -0.1) is 0 Å². The van der Waals surface area contributed by atoms with E-state index in [1.54, 1.807) is 13.8 Å². The molecule has 0 aliphatic rings. The second kappa shape index (κ2) is 5.75. The van der Waals surface area contributed by atoms with Crippen LogP contribution in [0, 0.1) is 0 Å². The lowest BCUT2D eigenvalue weighted by molar-refractivity contribution is -0.137. The molecule has 0 spiro atoms. The number of alkyl halides is 3. The first-order valence-electron chi connectivity index (χ1n) is 5.41. The minimum Gasteiger partial charge on any atom is -0.493 e. The molecule has 0 fully saturated rings. The Morgan fingerprint density at radius 1 is 1.22 bits per heavy atom. The van der Waals surface area contributed by atoms with Crippen LogP contribution < -0.4 is 4.74 Å². The van der Waals surface area contributed by atoms with Crippen molar-refractivity contribution in [3.05, 3.63) is 29.3 Å². The van der Waals surface area contributed by atoms with Crippen LogP contribution in [0.1, 0.15) is 29.8 Å². The van der Waals surface area contributed by atoms with E-state index in [-0.39, 0.29) is 24.5 Å². The molecule has 0 atom stereocenters. The lowest BCUT2D eigenvalue weighted by Crippen LogP contribution is -2.11. The molecule has 0 saturated carbocycles. The van der Waals surface area contributed by atoms with Crippen molar-refractivity contribution in [1.82, 2.24) is 0 Å². The molecule has 0 aliphatic heterocycles. The Bertz CT molecular complexity index is 427. The molecular formula is C12H13F3O3. The highest BCUT2D eigenvalue weighted by molar-refractivity contribution is 5.92. The second-order valence-corrected chi connectivity index (χ2v) is 3.36. The van der Waals surface area contributed by atoms with Crippen molar-refractivity contribution in [1.29, 1.82) is 0 Å². The maximum absolute atomic E-state index is 12.5. The molecule has 1 aromatic rings. The lowest BCUT2D eigenvalue weighted by atomic mass is 10.1. The Balaban J connectivity index is 3.19. The van der Waals surface area contributed by atoms with Crippen molar-refractivity contribution in [2.24, 2.45) is 0 Å². The first-order valence-corrected chi connectivity index (χ1v) is 5.41. The maximum Gasteiger partial charge on any atom is 0.416 e. The zero-order chi connectivity index (χ0) is 13.8. The standard InChI is InChI=1S/C12H13F3O3/c1-3-17-10-6-5-8(12(13,14)15)7-9(10)11(16)18-4-2/h5-7H,3-4H2,1-2H3. The summed E-state index contributed by atoms with van der Waals surface area (Å²) in [6, 6.07) is 2.73. The van der Waals surface area contributed by atoms with Crippen molar-refractivity contribution < 1.29 is 27.4 Å². The second-order valence-electron chi connectivity index (χ2n) is 3.36. The van der Waals surface area contributed by atoms with Gasteiger partial charge in [0.25, 0.3) is 0 Å². The molecule has 0 aliphatic carbocycles. The summed E-state index contributed by atoms with van der Waals surface area (Å²) in [5, 5.41) is 0. The first-order chi connectivity index (χ1) is 8.40. The SMILES string of the molecule is CCOC(=O)c1cc(C(F)(F)F)ccc1OCC. The highest BCUT2D eigenvalue weighted by Gasteiger charge is 2.32. The van der Waals surface area contributed by atoms with Gasteiger partial charge < -0.3 is 9.47 Å². The number of carbonyl (C=O) groups is 1. The maximum atomic E-state index is 12.5. The molecule has 0 bridgehead atoms. The fraction of sp³-hybridized carbons (Fsp3) is 0.417. The van der Waals surface area contributed by atoms with Crippen molar-refractivity contribution in [2.45, 2.75) is 20.0 Å². The molecule has 0 unspecified atom stereocenters. The van der Waals surface area contributed by atoms with E-state index < -0.39 is 17.7 Å². The predicted molar refractivity (Wildman–Crippen MR) is 58.6 cm³/mol. The molecule has 100 valence electrons. The average molecular weight is 262 g/mol. The predicted octanol–water partition coefficient (Wildman–Crippen LogP) is 3.28. The summed E-state index contributed by atoms with van der Waals surface area (Å²) in [6.45, 7) is 3.58. The highest BCUT2D eigenvalue weighted by Crippen LogP contribution is 2.32. The molecule has 1 rings (SSSR count). The number of ether oxygens (including phenoxy) is 2. The van der Waals surface area contributed by atoms with Crippen LogP contribution >= 0.6 is 0 Å². The molecule has 0 amide bonds. The fourth-order valence-corrected chi connectivity index (χ4v) is 1.36. The highest BCUT2D eigenvalue weighted by atomic mass is 19.4. The van der Waals surface area contributed by atoms with Gasteiger partial charge in [-0.1, -0.05) is 0 Å². The van der Waals surface area contributed by atoms with Crippen LogP contribution in [-0.4, -0.2) is 19.2 Å². The first kappa shape index (κ1) is 14.3. The van der Waals surface area contributed by atoms with E-state index in [0.717, 1.165) is 18.2 Å². The topological polar surface area (TPSA) is 35.5 Å². The number of halogens is 3. The van der Waals surface area contributed by atoms with Gasteiger partial charge in [-0.3, -0.25) is 0 Å². The van der Waals surface area contributed by atoms with E-state index in [2.05, 4.69) is 0 Å². The minimum atomic E-state index is -4.51. The molecule has 3 nitrogen and oxygen atoms in total. The van der Waals surface area contributed by atoms with Gasteiger partial charge >= 0.3 is 12.1 Å². The molecule has 6 heteroatoms. The quantitative estimate of drug-likeness (QED) is 0.781. The zero-order valence-corrected chi connectivity index (χ0v) is 10.0. The summed E-state index contributed by atoms with van der Waals surface area (Å²) in [6.07, 6.45) is -4.51. The third-order valence-corrected chi connectivity index (χ3v) is 2.10. The van der Waals surface area contributed by atoms with E-state index in [1.807, 2.05) is 0 Å². The largest absolute Gasteiger partial charge is 0.493 e. The zero-order valence-electron chi connectivity index (χ0n) is 10.0. The van der Waals surface area contributed by atoms with Crippen molar-refractivity contribution in [3.63, 3.8) is 0 Å². The van der Waals surface area contributed by atoms with E-state index in [4.69, 9.17) is 9.47 Å². The van der Waals surface area contributed by atoms with E-state index in [1.165, 1.54) is 0 Å². The van der Waals surface area contributed by atoms with Crippen molar-refractivity contribution >= 4 is 5.97 Å². The van der Waals surface area contributed by atoms with E-state index in [9.17, 15) is 18.0 Å². The molecular weight excluding hydrogens is 249 g/mol. The van der Waals surface area contributed by atoms with Crippen molar-refractivity contribution in [3.8, 4) is 5.75 Å². The van der Waals surface area contributed by atoms with Gasteiger partial charge in [0.2, 0.25) is 0 Å². The number of esters is 1. The van der Waals surface area contributed by atoms with Gasteiger partial charge in [0.05, 0.1) is 18.8 Å². The van der Waals surface area contributed by atoms with Crippen LogP contribution in [0.25, 0.3) is 0 Å². The Kier molecular flexibility index (Phi) is 4.58. The Morgan fingerprint density at radius 2 is 1.89 bits per heavy atom. The summed E-state index contributed by atoms with van der Waals surface area (Å²) >= 11 is 0. The van der Waals surface area contributed by atoms with Gasteiger partial charge in [-0.05, 0) is 32.0 Å². The Morgan fingerprint density at radius 3 is 2.39 bits per heavy atom. The molecule has 0 saturated heterocycles. The summed E-state index contributed by atoms with van der Waals surface area (Å²) in [7, 11) is 0. The van der Waals surface area contributed by atoms with Crippen LogP contribution in [0.2, 0.25) is 0 Å². The fourth-order valence-electron chi connectivity index (χ4n) is 1.36. The van der Waals surface area contributed by atoms with Crippen LogP contribution in [0.3, 0.4) is 0 Å². The summed E-state index contributed by atoms with van der Waals surface area (Å²) < 4.78 is 47.4. The Labute approximate surface area is 103 Å². The molecule has 18 heavy (non-hydrogen) atoms. The monoisotopic (exact) mass is 262 g/mol. The average Bonchev–Trinajstić information content (AvgIpc) is 2.28. The van der Waals surface area contributed by atoms with Gasteiger partial charge in [-0.2, -0.15) is 13.2 Å². The molecule has 0 radical (unpaired) electrons. The van der Waals surface area contributed by atoms with Gasteiger partial charge in [0.1, 0.15) is 11.3 Å². The van der Waals surface area contributed by atoms with Crippen LogP contribution in [0.4, 0.5) is 13.2 Å². The molecule has 0 N–H and O–H groups in total. The van der Waals surface area contributed by atoms with E-state index in [0.29, 0.717) is 0 Å². The molecule has 1 aromatic carbocycles. The third kappa shape index (κ3) is 3.38. The number of benzene rings is 1. The number of hydrogen-bond acceptors (Lipinski definition) is 3. The Hall–Kier alpha value is -1.72. The molecule has 0 heterocycles. The van der Waals surface area contributed by atoms with Crippen LogP contribution in [0.5, 0.6) is 5.75 Å². The smallest absolute Gasteiger partial charge is 0.416 e. The summed E-state index contributed by atoms with van der Waals surface area (Å²) in [5.74, 6) is -0.740. The van der Waals surface area contributed by atoms with Crippen molar-refractivity contribution in [2.75, 3.05) is 13.2 Å². The lowest BCUT2D eigenvalue weighted by Gasteiger charge is -2.12. The van der Waals surface area contributed by atoms with E-state index >= 15 is 0 Å². The van der Waals surface area contributed by atoms with Crippen LogP contribution in [-0.2, 0) is 10.9 Å². The molecule has 0 aromatic heterocycles. The third-order valence-electron chi connectivity index (χ3n) is 2.10. The van der Waals surface area contributed by atoms with Gasteiger partial charge in [0, 0.05) is 0 Å². The summed E-state index contributed by atoms with van der Waals surface area (Å²) in [4.78, 5) is 11.5. The number of rotatable bonds is 4.